The number of fused-ring (bicyclic) bond motifs is 1. The predicted molar refractivity (Wildman–Crippen MR) is 133 cm³/mol. The second kappa shape index (κ2) is 10.4. The molecule has 0 spiro atoms. The Labute approximate surface area is 196 Å². The summed E-state index contributed by atoms with van der Waals surface area (Å²) in [5.41, 5.74) is 3.89. The number of imidazole rings is 1. The van der Waals surface area contributed by atoms with Crippen molar-refractivity contribution in [2.75, 3.05) is 44.6 Å². The van der Waals surface area contributed by atoms with Gasteiger partial charge in [-0.05, 0) is 57.6 Å². The molecule has 3 aromatic rings. The van der Waals surface area contributed by atoms with Gasteiger partial charge in [-0.15, -0.1) is 0 Å². The molecule has 0 unspecified atom stereocenters. The Kier molecular flexibility index (Phi) is 7.30. The number of ether oxygens (including phenoxy) is 1. The lowest BCUT2D eigenvalue weighted by Gasteiger charge is -2.34. The van der Waals surface area contributed by atoms with Crippen LogP contribution in [0.25, 0.3) is 11.0 Å². The average molecular weight is 450 g/mol. The highest BCUT2D eigenvalue weighted by Crippen LogP contribution is 2.25. The lowest BCUT2D eigenvalue weighted by Crippen LogP contribution is -2.45. The molecule has 2 heterocycles. The molecule has 2 aromatic carbocycles. The van der Waals surface area contributed by atoms with Gasteiger partial charge in [0.15, 0.2) is 6.61 Å². The van der Waals surface area contributed by atoms with E-state index < -0.39 is 0 Å². The quantitative estimate of drug-likeness (QED) is 0.561. The van der Waals surface area contributed by atoms with E-state index in [1.807, 2.05) is 43.3 Å². The summed E-state index contributed by atoms with van der Waals surface area (Å²) in [6, 6.07) is 13.9. The fraction of sp³-hybridized carbons (Fsp3) is 0.462. The van der Waals surface area contributed by atoms with E-state index in [-0.39, 0.29) is 12.5 Å². The highest BCUT2D eigenvalue weighted by atomic mass is 16.5. The van der Waals surface area contributed by atoms with Crippen LogP contribution >= 0.6 is 0 Å². The summed E-state index contributed by atoms with van der Waals surface area (Å²) in [5.74, 6) is 1.58. The monoisotopic (exact) mass is 449 g/mol. The largest absolute Gasteiger partial charge is 0.484 e. The second-order valence-electron chi connectivity index (χ2n) is 9.06. The van der Waals surface area contributed by atoms with Crippen molar-refractivity contribution in [2.24, 2.45) is 0 Å². The minimum Gasteiger partial charge on any atom is -0.484 e. The fourth-order valence-electron chi connectivity index (χ4n) is 4.36. The number of carbonyl (C=O) groups excluding carboxylic acids is 1. The van der Waals surface area contributed by atoms with E-state index in [0.29, 0.717) is 11.8 Å². The highest BCUT2D eigenvalue weighted by Gasteiger charge is 2.20. The molecule has 176 valence electrons. The second-order valence-corrected chi connectivity index (χ2v) is 9.06. The maximum Gasteiger partial charge on any atom is 0.262 e. The summed E-state index contributed by atoms with van der Waals surface area (Å²) < 4.78 is 7.91. The van der Waals surface area contributed by atoms with Crippen molar-refractivity contribution in [3.63, 3.8) is 0 Å². The third-order valence-electron chi connectivity index (χ3n) is 6.23. The number of nitrogens with zero attached hydrogens (tertiary/aromatic N) is 4. The third-order valence-corrected chi connectivity index (χ3v) is 6.23. The summed E-state index contributed by atoms with van der Waals surface area (Å²) in [6.45, 7) is 14.9. The summed E-state index contributed by atoms with van der Waals surface area (Å²) in [6.07, 6.45) is 0. The zero-order valence-electron chi connectivity index (χ0n) is 20.2. The number of carbonyl (C=O) groups is 1. The Hall–Kier alpha value is -2.90. The van der Waals surface area contributed by atoms with E-state index in [1.54, 1.807) is 0 Å². The molecule has 4 rings (SSSR count). The number of nitrogens with one attached hydrogen (secondary N) is 1. The van der Waals surface area contributed by atoms with E-state index >= 15 is 0 Å². The Balaban J connectivity index is 1.44. The van der Waals surface area contributed by atoms with Gasteiger partial charge in [0.25, 0.3) is 5.91 Å². The maximum absolute atomic E-state index is 12.4. The standard InChI is InChI=1S/C26H35N5O2/c1-5-29-12-14-30(15-13-29)17-25-28-23-16-21(8-11-24(23)31(25)19(2)3)27-26(32)18-33-22-9-6-20(4)7-10-22/h6-11,16,19H,5,12-15,17-18H2,1-4H3,(H,27,32). The van der Waals surface area contributed by atoms with Crippen molar-refractivity contribution in [1.82, 2.24) is 19.4 Å². The molecule has 0 bridgehead atoms. The van der Waals surface area contributed by atoms with Crippen LogP contribution in [0, 0.1) is 6.92 Å². The first-order chi connectivity index (χ1) is 15.9. The SMILES string of the molecule is CCN1CCN(Cc2nc3cc(NC(=O)COc4ccc(C)cc4)ccc3n2C(C)C)CC1. The van der Waals surface area contributed by atoms with Crippen LogP contribution in [-0.4, -0.2) is 64.6 Å². The topological polar surface area (TPSA) is 62.6 Å². The number of hydrogen-bond donors (Lipinski definition) is 1. The van der Waals surface area contributed by atoms with Gasteiger partial charge in [-0.2, -0.15) is 0 Å². The van der Waals surface area contributed by atoms with Crippen molar-refractivity contribution in [1.29, 1.82) is 0 Å². The summed E-state index contributed by atoms with van der Waals surface area (Å²) >= 11 is 0. The van der Waals surface area contributed by atoms with Crippen LogP contribution in [0.15, 0.2) is 42.5 Å². The van der Waals surface area contributed by atoms with Gasteiger partial charge in [-0.3, -0.25) is 9.69 Å². The van der Waals surface area contributed by atoms with Gasteiger partial charge in [0, 0.05) is 37.9 Å². The van der Waals surface area contributed by atoms with Gasteiger partial charge in [0.05, 0.1) is 17.6 Å². The van der Waals surface area contributed by atoms with Crippen LogP contribution < -0.4 is 10.1 Å². The number of aryl methyl sites for hydroxylation is 1. The molecule has 1 N–H and O–H groups in total. The normalized spacial score (nSPS) is 15.3. The summed E-state index contributed by atoms with van der Waals surface area (Å²) in [4.78, 5) is 22.3. The van der Waals surface area contributed by atoms with Gasteiger partial charge < -0.3 is 19.5 Å². The van der Waals surface area contributed by atoms with Crippen molar-refractivity contribution in [3.8, 4) is 5.75 Å². The number of rotatable bonds is 8. The predicted octanol–water partition coefficient (Wildman–Crippen LogP) is 4.08. The minimum atomic E-state index is -0.188. The molecule has 7 heteroatoms. The smallest absolute Gasteiger partial charge is 0.262 e. The molecule has 1 saturated heterocycles. The molecule has 1 amide bonds. The van der Waals surface area contributed by atoms with Gasteiger partial charge >= 0.3 is 0 Å². The van der Waals surface area contributed by atoms with Gasteiger partial charge in [-0.1, -0.05) is 24.6 Å². The molecule has 1 aliphatic heterocycles. The van der Waals surface area contributed by atoms with E-state index in [2.05, 4.69) is 46.5 Å². The fourth-order valence-corrected chi connectivity index (χ4v) is 4.36. The molecular formula is C26H35N5O2. The number of amides is 1. The molecule has 0 radical (unpaired) electrons. The van der Waals surface area contributed by atoms with Crippen LogP contribution in [-0.2, 0) is 11.3 Å². The molecule has 7 nitrogen and oxygen atoms in total. The minimum absolute atomic E-state index is 0.0312. The first-order valence-electron chi connectivity index (χ1n) is 11.9. The molecule has 0 aliphatic carbocycles. The van der Waals surface area contributed by atoms with E-state index in [0.717, 1.165) is 67.4 Å². The Morgan fingerprint density at radius 1 is 1.06 bits per heavy atom. The highest BCUT2D eigenvalue weighted by molar-refractivity contribution is 5.94. The lowest BCUT2D eigenvalue weighted by atomic mass is 10.2. The zero-order chi connectivity index (χ0) is 23.4. The maximum atomic E-state index is 12.4. The van der Waals surface area contributed by atoms with Gasteiger partial charge in [-0.25, -0.2) is 4.98 Å². The Bertz CT molecular complexity index is 1080. The first kappa shape index (κ1) is 23.3. The van der Waals surface area contributed by atoms with E-state index in [4.69, 9.17) is 9.72 Å². The molecule has 1 aromatic heterocycles. The van der Waals surface area contributed by atoms with Crippen LogP contribution in [0.3, 0.4) is 0 Å². The number of hydrogen-bond acceptors (Lipinski definition) is 5. The number of likely N-dealkylation sites (N-methyl/N-ethyl adjacent to an activating group) is 1. The molecule has 33 heavy (non-hydrogen) atoms. The lowest BCUT2D eigenvalue weighted by molar-refractivity contribution is -0.118. The average Bonchev–Trinajstić information content (AvgIpc) is 3.16. The van der Waals surface area contributed by atoms with Crippen molar-refractivity contribution in [3.05, 3.63) is 53.9 Å². The van der Waals surface area contributed by atoms with Gasteiger partial charge in [0.1, 0.15) is 11.6 Å². The molecule has 0 atom stereocenters. The first-order valence-corrected chi connectivity index (χ1v) is 11.9. The zero-order valence-corrected chi connectivity index (χ0v) is 20.2. The number of benzene rings is 2. The number of anilines is 1. The summed E-state index contributed by atoms with van der Waals surface area (Å²) in [7, 11) is 0. The number of piperazine rings is 1. The van der Waals surface area contributed by atoms with Crippen LogP contribution in [0.5, 0.6) is 5.75 Å². The third kappa shape index (κ3) is 5.72. The van der Waals surface area contributed by atoms with Crippen LogP contribution in [0.4, 0.5) is 5.69 Å². The Morgan fingerprint density at radius 2 is 1.76 bits per heavy atom. The number of aromatic nitrogens is 2. The molecule has 1 aliphatic rings. The van der Waals surface area contributed by atoms with Gasteiger partial charge in [0.2, 0.25) is 0 Å². The Morgan fingerprint density at radius 3 is 2.42 bits per heavy atom. The van der Waals surface area contributed by atoms with Crippen molar-refractivity contribution < 1.29 is 9.53 Å². The molecule has 0 saturated carbocycles. The van der Waals surface area contributed by atoms with Crippen molar-refractivity contribution >= 4 is 22.6 Å². The van der Waals surface area contributed by atoms with Crippen LogP contribution in [0.2, 0.25) is 0 Å². The summed E-state index contributed by atoms with van der Waals surface area (Å²) in [5, 5.41) is 2.94. The molecular weight excluding hydrogens is 414 g/mol. The van der Waals surface area contributed by atoms with Crippen molar-refractivity contribution in [2.45, 2.75) is 40.3 Å². The van der Waals surface area contributed by atoms with E-state index in [1.165, 1.54) is 0 Å². The van der Waals surface area contributed by atoms with E-state index in [9.17, 15) is 4.79 Å². The molecule has 1 fully saturated rings. The van der Waals surface area contributed by atoms with Crippen LogP contribution in [0.1, 0.15) is 38.2 Å².